The molecule has 0 fully saturated rings. The van der Waals surface area contributed by atoms with Crippen molar-refractivity contribution in [3.63, 3.8) is 0 Å². The second kappa shape index (κ2) is 13.7. The molecule has 3 nitrogen and oxygen atoms in total. The van der Waals surface area contributed by atoms with Gasteiger partial charge in [-0.3, -0.25) is 0 Å². The Morgan fingerprint density at radius 3 is 1.56 bits per heavy atom. The number of hydrogen-bond acceptors (Lipinski definition) is 3. The highest BCUT2D eigenvalue weighted by Crippen LogP contribution is 2.56. The summed E-state index contributed by atoms with van der Waals surface area (Å²) < 4.78 is 6.67. The molecular formula is C54H38N2O. The largest absolute Gasteiger partial charge is 0.456 e. The Morgan fingerprint density at radius 2 is 0.965 bits per heavy atom. The van der Waals surface area contributed by atoms with Crippen molar-refractivity contribution in [3.05, 3.63) is 224 Å². The third-order valence-corrected chi connectivity index (χ3v) is 11.6. The van der Waals surface area contributed by atoms with Crippen LogP contribution in [0.15, 0.2) is 222 Å². The minimum atomic E-state index is 0.0531. The van der Waals surface area contributed by atoms with Crippen LogP contribution in [0.5, 0.6) is 0 Å². The molecule has 0 spiro atoms. The van der Waals surface area contributed by atoms with Crippen LogP contribution in [0.3, 0.4) is 0 Å². The monoisotopic (exact) mass is 730 g/mol. The third-order valence-electron chi connectivity index (χ3n) is 11.6. The van der Waals surface area contributed by atoms with Crippen LogP contribution < -0.4 is 9.80 Å². The van der Waals surface area contributed by atoms with Crippen LogP contribution in [0.1, 0.15) is 12.0 Å². The molecule has 1 atom stereocenters. The highest BCUT2D eigenvalue weighted by molar-refractivity contribution is 6.18. The molecule has 0 radical (unpaired) electrons. The Morgan fingerprint density at radius 1 is 0.456 bits per heavy atom. The van der Waals surface area contributed by atoms with Gasteiger partial charge in [-0.1, -0.05) is 158 Å². The third kappa shape index (κ3) is 5.67. The smallest absolute Gasteiger partial charge is 0.138 e. The van der Waals surface area contributed by atoms with Crippen LogP contribution in [0.25, 0.3) is 60.9 Å². The maximum atomic E-state index is 6.67. The van der Waals surface area contributed by atoms with Crippen molar-refractivity contribution < 1.29 is 4.42 Å². The molecule has 270 valence electrons. The minimum Gasteiger partial charge on any atom is -0.456 e. The standard InChI is InChI=1S/C54H38N2O/c1-5-15-37(16-6-1)39-25-29-43(30-26-39)55(44-31-27-40(28-32-44)38-17-7-2-8-18-38)45-33-34-46-48(35-45)56(42-21-11-4-12-22-42)49-36-51-54(47-23-13-14-24-50(47)57-51)52(53(46)49)41-19-9-3-10-20-41/h1-34,36,48H,35H2. The van der Waals surface area contributed by atoms with Crippen LogP contribution >= 0.6 is 0 Å². The van der Waals surface area contributed by atoms with Crippen molar-refractivity contribution in [2.45, 2.75) is 12.5 Å². The highest BCUT2D eigenvalue weighted by Gasteiger charge is 2.41. The van der Waals surface area contributed by atoms with E-state index >= 15 is 0 Å². The fraction of sp³-hybridized carbons (Fsp3) is 0.0370. The second-order valence-electron chi connectivity index (χ2n) is 14.8. The zero-order chi connectivity index (χ0) is 37.7. The number of anilines is 4. The SMILES string of the molecule is C1=C2c3c(cc4oc5ccccc5c4c3-c3ccccc3)N(c3ccccc3)C2CC(N(c2ccc(-c3ccccc3)cc2)c2ccc(-c3ccccc3)cc2)=C1. The summed E-state index contributed by atoms with van der Waals surface area (Å²) in [7, 11) is 0. The zero-order valence-electron chi connectivity index (χ0n) is 31.3. The van der Waals surface area contributed by atoms with E-state index in [1.807, 2.05) is 0 Å². The minimum absolute atomic E-state index is 0.0531. The molecule has 1 aliphatic carbocycles. The Balaban J connectivity index is 1.11. The highest BCUT2D eigenvalue weighted by atomic mass is 16.3. The molecule has 1 unspecified atom stereocenters. The van der Waals surface area contributed by atoms with E-state index in [1.54, 1.807) is 0 Å². The number of fused-ring (bicyclic) bond motifs is 6. The summed E-state index contributed by atoms with van der Waals surface area (Å²) >= 11 is 0. The summed E-state index contributed by atoms with van der Waals surface area (Å²) in [6.07, 6.45) is 5.54. The number of allylic oxidation sites excluding steroid dienone is 2. The van der Waals surface area contributed by atoms with Gasteiger partial charge in [0.2, 0.25) is 0 Å². The molecule has 0 amide bonds. The van der Waals surface area contributed by atoms with E-state index in [1.165, 1.54) is 61.3 Å². The number of rotatable bonds is 7. The number of benzene rings is 8. The van der Waals surface area contributed by atoms with Crippen LogP contribution in [0.2, 0.25) is 0 Å². The molecular weight excluding hydrogens is 693 g/mol. The van der Waals surface area contributed by atoms with Gasteiger partial charge in [-0.05, 0) is 81.9 Å². The summed E-state index contributed by atoms with van der Waals surface area (Å²) in [6.45, 7) is 0. The molecule has 2 aliphatic rings. The number of hydrogen-bond donors (Lipinski definition) is 0. The van der Waals surface area contributed by atoms with Crippen molar-refractivity contribution in [1.29, 1.82) is 0 Å². The maximum absolute atomic E-state index is 6.67. The lowest BCUT2D eigenvalue weighted by Gasteiger charge is -2.35. The number of nitrogens with zero attached hydrogens (tertiary/aromatic N) is 2. The van der Waals surface area contributed by atoms with Crippen molar-refractivity contribution in [2.75, 3.05) is 9.80 Å². The molecule has 0 bridgehead atoms. The summed E-state index contributed by atoms with van der Waals surface area (Å²) in [5, 5.41) is 2.30. The zero-order valence-corrected chi connectivity index (χ0v) is 31.3. The van der Waals surface area contributed by atoms with Gasteiger partial charge in [0.1, 0.15) is 11.2 Å². The topological polar surface area (TPSA) is 19.6 Å². The Kier molecular flexibility index (Phi) is 7.96. The van der Waals surface area contributed by atoms with Gasteiger partial charge in [0.25, 0.3) is 0 Å². The normalized spacial score (nSPS) is 14.6. The lowest BCUT2D eigenvalue weighted by molar-refractivity contribution is 0.669. The first kappa shape index (κ1) is 33.0. The van der Waals surface area contributed by atoms with Gasteiger partial charge < -0.3 is 14.2 Å². The molecule has 0 N–H and O–H groups in total. The quantitative estimate of drug-likeness (QED) is 0.163. The molecule has 8 aromatic carbocycles. The lowest BCUT2D eigenvalue weighted by Crippen LogP contribution is -2.31. The Bertz CT molecular complexity index is 2860. The predicted octanol–water partition coefficient (Wildman–Crippen LogP) is 14.6. The van der Waals surface area contributed by atoms with Gasteiger partial charge in [-0.15, -0.1) is 0 Å². The van der Waals surface area contributed by atoms with E-state index in [-0.39, 0.29) is 6.04 Å². The van der Waals surface area contributed by atoms with Gasteiger partial charge in [-0.2, -0.15) is 0 Å². The van der Waals surface area contributed by atoms with Crippen LogP contribution in [-0.2, 0) is 0 Å². The van der Waals surface area contributed by atoms with Gasteiger partial charge in [0.15, 0.2) is 0 Å². The Labute approximate surface area is 332 Å². The molecule has 2 heterocycles. The van der Waals surface area contributed by atoms with E-state index < -0.39 is 0 Å². The fourth-order valence-corrected chi connectivity index (χ4v) is 8.99. The van der Waals surface area contributed by atoms with E-state index in [2.05, 4.69) is 222 Å². The molecule has 1 aromatic heterocycles. The first-order valence-corrected chi connectivity index (χ1v) is 19.7. The molecule has 0 saturated heterocycles. The fourth-order valence-electron chi connectivity index (χ4n) is 8.99. The first-order valence-electron chi connectivity index (χ1n) is 19.7. The van der Waals surface area contributed by atoms with E-state index in [9.17, 15) is 0 Å². The average Bonchev–Trinajstić information content (AvgIpc) is 3.82. The number of para-hydroxylation sites is 2. The van der Waals surface area contributed by atoms with E-state index in [0.717, 1.165) is 40.0 Å². The van der Waals surface area contributed by atoms with Crippen molar-refractivity contribution in [1.82, 2.24) is 0 Å². The first-order chi connectivity index (χ1) is 28.3. The van der Waals surface area contributed by atoms with Gasteiger partial charge >= 0.3 is 0 Å². The molecule has 0 saturated carbocycles. The van der Waals surface area contributed by atoms with Crippen LogP contribution in [0.4, 0.5) is 22.7 Å². The summed E-state index contributed by atoms with van der Waals surface area (Å²) in [4.78, 5) is 4.99. The van der Waals surface area contributed by atoms with Crippen LogP contribution in [0, 0.1) is 0 Å². The van der Waals surface area contributed by atoms with Crippen LogP contribution in [-0.4, -0.2) is 6.04 Å². The summed E-state index contributed by atoms with van der Waals surface area (Å²) in [5.74, 6) is 0. The van der Waals surface area contributed by atoms with Gasteiger partial charge in [0, 0.05) is 57.1 Å². The van der Waals surface area contributed by atoms with Crippen molar-refractivity contribution >= 4 is 50.3 Å². The lowest BCUT2D eigenvalue weighted by atomic mass is 9.86. The molecule has 1 aliphatic heterocycles. The average molecular weight is 731 g/mol. The molecule has 57 heavy (non-hydrogen) atoms. The molecule has 9 aromatic rings. The number of furan rings is 1. The molecule has 11 rings (SSSR count). The van der Waals surface area contributed by atoms with E-state index in [4.69, 9.17) is 4.42 Å². The molecule has 3 heteroatoms. The summed E-state index contributed by atoms with van der Waals surface area (Å²) in [5.41, 5.74) is 17.5. The van der Waals surface area contributed by atoms with E-state index in [0.29, 0.717) is 0 Å². The summed E-state index contributed by atoms with van der Waals surface area (Å²) in [6, 6.07) is 71.7. The van der Waals surface area contributed by atoms with Crippen molar-refractivity contribution in [2.24, 2.45) is 0 Å². The second-order valence-corrected chi connectivity index (χ2v) is 14.8. The van der Waals surface area contributed by atoms with Gasteiger partial charge in [0.05, 0.1) is 11.7 Å². The predicted molar refractivity (Wildman–Crippen MR) is 238 cm³/mol. The Hall–Kier alpha value is -7.36. The van der Waals surface area contributed by atoms with Crippen molar-refractivity contribution in [3.8, 4) is 33.4 Å². The van der Waals surface area contributed by atoms with Gasteiger partial charge in [-0.25, -0.2) is 0 Å². The maximum Gasteiger partial charge on any atom is 0.138 e.